The Hall–Kier alpha value is -1.86. The molecule has 226 valence electrons. The van der Waals surface area contributed by atoms with Crippen LogP contribution in [0.15, 0.2) is 24.3 Å². The average Bonchev–Trinajstić information content (AvgIpc) is 2.93. The molecule has 1 aliphatic rings. The molecular formula is C32H58N2O5. The maximum atomic E-state index is 12.0. The van der Waals surface area contributed by atoms with Crippen molar-refractivity contribution < 1.29 is 23.8 Å². The SMILES string of the molecule is CCCCC/C=C\C/C=C\CCCCCCCC(=O)OCC(C)COC(=O)OCCCCN1CCN(C)CC1. The van der Waals surface area contributed by atoms with E-state index in [0.717, 1.165) is 77.7 Å². The fraction of sp³-hybridized carbons (Fsp3) is 0.812. The third-order valence-electron chi connectivity index (χ3n) is 7.03. The molecule has 0 aromatic heterocycles. The second kappa shape index (κ2) is 25.1. The van der Waals surface area contributed by atoms with Gasteiger partial charge in [0.05, 0.1) is 13.2 Å². The first kappa shape index (κ1) is 35.2. The second-order valence-corrected chi connectivity index (χ2v) is 11.0. The van der Waals surface area contributed by atoms with E-state index in [0.29, 0.717) is 13.0 Å². The van der Waals surface area contributed by atoms with Gasteiger partial charge in [0.1, 0.15) is 6.61 Å². The number of carbonyl (C=O) groups excluding carboxylic acids is 2. The molecule has 0 saturated carbocycles. The van der Waals surface area contributed by atoms with Crippen LogP contribution in [0, 0.1) is 5.92 Å². The molecule has 1 saturated heterocycles. The van der Waals surface area contributed by atoms with Crippen LogP contribution in [0.25, 0.3) is 0 Å². The summed E-state index contributed by atoms with van der Waals surface area (Å²) in [4.78, 5) is 28.6. The molecular weight excluding hydrogens is 492 g/mol. The number of piperazine rings is 1. The fourth-order valence-corrected chi connectivity index (χ4v) is 4.35. The topological polar surface area (TPSA) is 68.3 Å². The van der Waals surface area contributed by atoms with Crippen molar-refractivity contribution in [2.45, 2.75) is 104 Å². The molecule has 1 rings (SSSR count). The van der Waals surface area contributed by atoms with Gasteiger partial charge in [0.15, 0.2) is 0 Å². The summed E-state index contributed by atoms with van der Waals surface area (Å²) in [5.74, 6) is -0.223. The Bertz CT molecular complexity index is 659. The summed E-state index contributed by atoms with van der Waals surface area (Å²) in [6.07, 6.45) is 23.6. The lowest BCUT2D eigenvalue weighted by Gasteiger charge is -2.32. The molecule has 0 amide bonds. The van der Waals surface area contributed by atoms with Gasteiger partial charge in [-0.05, 0) is 65.0 Å². The van der Waals surface area contributed by atoms with Crippen LogP contribution in [0.4, 0.5) is 4.79 Å². The number of rotatable bonds is 23. The molecule has 0 aromatic rings. The molecule has 0 bridgehead atoms. The smallest absolute Gasteiger partial charge is 0.465 e. The molecule has 0 N–H and O–H groups in total. The van der Waals surface area contributed by atoms with E-state index in [9.17, 15) is 9.59 Å². The van der Waals surface area contributed by atoms with E-state index < -0.39 is 6.16 Å². The Morgan fingerprint density at radius 3 is 2.10 bits per heavy atom. The van der Waals surface area contributed by atoms with Gasteiger partial charge in [-0.15, -0.1) is 0 Å². The lowest BCUT2D eigenvalue weighted by Crippen LogP contribution is -2.44. The van der Waals surface area contributed by atoms with Crippen molar-refractivity contribution in [3.63, 3.8) is 0 Å². The van der Waals surface area contributed by atoms with Crippen molar-refractivity contribution in [3.8, 4) is 0 Å². The number of hydrogen-bond acceptors (Lipinski definition) is 7. The van der Waals surface area contributed by atoms with Crippen molar-refractivity contribution >= 4 is 12.1 Å². The number of ether oxygens (including phenoxy) is 3. The van der Waals surface area contributed by atoms with Crippen LogP contribution >= 0.6 is 0 Å². The number of unbranched alkanes of at least 4 members (excludes halogenated alkanes) is 9. The Kier molecular flexibility index (Phi) is 22.7. The van der Waals surface area contributed by atoms with Crippen molar-refractivity contribution in [1.29, 1.82) is 0 Å². The Morgan fingerprint density at radius 1 is 0.744 bits per heavy atom. The van der Waals surface area contributed by atoms with Gasteiger partial charge in [0.25, 0.3) is 0 Å². The molecule has 1 unspecified atom stereocenters. The molecule has 1 heterocycles. The zero-order chi connectivity index (χ0) is 28.4. The van der Waals surface area contributed by atoms with Gasteiger partial charge in [-0.1, -0.05) is 70.3 Å². The predicted molar refractivity (Wildman–Crippen MR) is 160 cm³/mol. The zero-order valence-electron chi connectivity index (χ0n) is 25.4. The van der Waals surface area contributed by atoms with Crippen molar-refractivity contribution in [3.05, 3.63) is 24.3 Å². The summed E-state index contributed by atoms with van der Waals surface area (Å²) in [6, 6.07) is 0. The number of allylic oxidation sites excluding steroid dienone is 4. The summed E-state index contributed by atoms with van der Waals surface area (Å²) in [7, 11) is 2.15. The van der Waals surface area contributed by atoms with E-state index >= 15 is 0 Å². The molecule has 39 heavy (non-hydrogen) atoms. The molecule has 7 heteroatoms. The normalized spacial score (nSPS) is 15.7. The van der Waals surface area contributed by atoms with Crippen LogP contribution < -0.4 is 0 Å². The van der Waals surface area contributed by atoms with Crippen molar-refractivity contribution in [2.75, 3.05) is 59.6 Å². The first-order valence-corrected chi connectivity index (χ1v) is 15.7. The standard InChI is InChI=1S/C32H58N2O5/c1-4-5-6-7-8-9-10-11-12-13-14-15-16-17-18-21-31(35)38-28-30(2)29-39-32(36)37-27-20-19-22-34-25-23-33(3)24-26-34/h8-9,11-12,30H,4-7,10,13-29H2,1-3H3/b9-8-,12-11-. The third-order valence-corrected chi connectivity index (χ3v) is 7.03. The minimum atomic E-state index is -0.641. The monoisotopic (exact) mass is 550 g/mol. The van der Waals surface area contributed by atoms with Gasteiger partial charge in [-0.25, -0.2) is 4.79 Å². The van der Waals surface area contributed by atoms with Crippen LogP contribution in [0.2, 0.25) is 0 Å². The lowest BCUT2D eigenvalue weighted by molar-refractivity contribution is -0.145. The van der Waals surface area contributed by atoms with E-state index in [4.69, 9.17) is 14.2 Å². The van der Waals surface area contributed by atoms with Gasteiger partial charge in [0.2, 0.25) is 0 Å². The summed E-state index contributed by atoms with van der Waals surface area (Å²) in [5, 5.41) is 0. The number of hydrogen-bond donors (Lipinski definition) is 0. The van der Waals surface area contributed by atoms with Crippen LogP contribution in [0.3, 0.4) is 0 Å². The maximum absolute atomic E-state index is 12.0. The van der Waals surface area contributed by atoms with Crippen LogP contribution in [-0.4, -0.2) is 81.5 Å². The van der Waals surface area contributed by atoms with Gasteiger partial charge in [0, 0.05) is 38.5 Å². The highest BCUT2D eigenvalue weighted by atomic mass is 16.7. The second-order valence-electron chi connectivity index (χ2n) is 11.0. The van der Waals surface area contributed by atoms with E-state index in [1.54, 1.807) is 0 Å². The minimum Gasteiger partial charge on any atom is -0.465 e. The predicted octanol–water partition coefficient (Wildman–Crippen LogP) is 7.16. The minimum absolute atomic E-state index is 0.0525. The van der Waals surface area contributed by atoms with Gasteiger partial charge >= 0.3 is 12.1 Å². The van der Waals surface area contributed by atoms with Crippen LogP contribution in [-0.2, 0) is 19.0 Å². The molecule has 0 spiro atoms. The number of likely N-dealkylation sites (N-methyl/N-ethyl adjacent to an activating group) is 1. The first-order chi connectivity index (χ1) is 19.0. The molecule has 0 radical (unpaired) electrons. The molecule has 0 aliphatic carbocycles. The maximum Gasteiger partial charge on any atom is 0.508 e. The number of carbonyl (C=O) groups is 2. The van der Waals surface area contributed by atoms with Gasteiger partial charge in [-0.3, -0.25) is 4.79 Å². The molecule has 1 fully saturated rings. The van der Waals surface area contributed by atoms with Gasteiger partial charge in [-0.2, -0.15) is 0 Å². The van der Waals surface area contributed by atoms with Crippen LogP contribution in [0.5, 0.6) is 0 Å². The molecule has 1 atom stereocenters. The fourth-order valence-electron chi connectivity index (χ4n) is 4.35. The zero-order valence-corrected chi connectivity index (χ0v) is 25.4. The van der Waals surface area contributed by atoms with Crippen molar-refractivity contribution in [2.24, 2.45) is 5.92 Å². The largest absolute Gasteiger partial charge is 0.508 e. The molecule has 0 aromatic carbocycles. The molecule has 1 aliphatic heterocycles. The Labute approximate surface area is 239 Å². The van der Waals surface area contributed by atoms with Crippen molar-refractivity contribution in [1.82, 2.24) is 9.80 Å². The summed E-state index contributed by atoms with van der Waals surface area (Å²) in [5.41, 5.74) is 0. The lowest BCUT2D eigenvalue weighted by atomic mass is 10.1. The summed E-state index contributed by atoms with van der Waals surface area (Å²) in [6.45, 7) is 10.5. The third kappa shape index (κ3) is 22.6. The van der Waals surface area contributed by atoms with E-state index in [1.807, 2.05) is 6.92 Å². The highest BCUT2D eigenvalue weighted by molar-refractivity contribution is 5.69. The number of esters is 1. The van der Waals surface area contributed by atoms with E-state index in [2.05, 4.69) is 48.1 Å². The summed E-state index contributed by atoms with van der Waals surface area (Å²) < 4.78 is 15.7. The Morgan fingerprint density at radius 2 is 1.38 bits per heavy atom. The first-order valence-electron chi connectivity index (χ1n) is 15.7. The van der Waals surface area contributed by atoms with Crippen LogP contribution in [0.1, 0.15) is 104 Å². The number of nitrogens with zero attached hydrogens (tertiary/aromatic N) is 2. The average molecular weight is 551 g/mol. The Balaban J connectivity index is 1.87. The quantitative estimate of drug-likeness (QED) is 0.0759. The highest BCUT2D eigenvalue weighted by Crippen LogP contribution is 2.10. The summed E-state index contributed by atoms with van der Waals surface area (Å²) >= 11 is 0. The highest BCUT2D eigenvalue weighted by Gasteiger charge is 2.14. The molecule has 7 nitrogen and oxygen atoms in total. The van der Waals surface area contributed by atoms with E-state index in [1.165, 1.54) is 38.5 Å². The van der Waals surface area contributed by atoms with E-state index in [-0.39, 0.29) is 25.1 Å². The van der Waals surface area contributed by atoms with Gasteiger partial charge < -0.3 is 24.0 Å².